The summed E-state index contributed by atoms with van der Waals surface area (Å²) in [5.41, 5.74) is 6.94. The summed E-state index contributed by atoms with van der Waals surface area (Å²) in [7, 11) is 0. The highest BCUT2D eigenvalue weighted by Crippen LogP contribution is 2.26. The van der Waals surface area contributed by atoms with E-state index in [1.165, 1.54) is 0 Å². The second-order valence-electron chi connectivity index (χ2n) is 11.1. The van der Waals surface area contributed by atoms with E-state index in [2.05, 4.69) is 49.6 Å². The molecule has 0 saturated heterocycles. The third-order valence-corrected chi connectivity index (χ3v) is 7.94. The molecule has 0 atom stereocenters. The molecule has 0 spiro atoms. The van der Waals surface area contributed by atoms with E-state index in [-0.39, 0.29) is 5.43 Å². The van der Waals surface area contributed by atoms with Crippen LogP contribution in [0, 0.1) is 0 Å². The fourth-order valence-electron chi connectivity index (χ4n) is 5.56. The van der Waals surface area contributed by atoms with Crippen molar-refractivity contribution in [1.82, 2.24) is 9.55 Å². The number of aryl methyl sites for hydroxylation is 3. The normalized spacial score (nSPS) is 11.3. The van der Waals surface area contributed by atoms with E-state index < -0.39 is 5.97 Å². The maximum Gasteiger partial charge on any atom is 0.336 e. The quantitative estimate of drug-likeness (QED) is 0.150. The number of imidazole rings is 1. The molecular weight excluding hydrogens is 508 g/mol. The number of aromatic nitrogens is 2. The second kappa shape index (κ2) is 14.8. The summed E-state index contributed by atoms with van der Waals surface area (Å²) in [6, 6.07) is 19.4. The van der Waals surface area contributed by atoms with Gasteiger partial charge in [-0.1, -0.05) is 95.3 Å². The summed E-state index contributed by atoms with van der Waals surface area (Å²) in [5, 5.41) is 9.63. The molecule has 0 aliphatic heterocycles. The second-order valence-corrected chi connectivity index (χ2v) is 11.1. The third kappa shape index (κ3) is 7.52. The molecule has 1 aromatic heterocycles. The van der Waals surface area contributed by atoms with Crippen LogP contribution in [-0.4, -0.2) is 20.6 Å². The standard InChI is InChI=1S/C36H44N2O3/c1-4-7-10-14-28-23-32-33(24-29(35(28)39)15-11-8-5-2)38(34(37-32)18-9-6-3)25-26-19-21-27(22-20-26)30-16-12-13-17-31(30)36(40)41/h12-13,16-17,19-24H,4-11,14-15,18,25H2,1-3H3,(H,40,41). The van der Waals surface area contributed by atoms with Gasteiger partial charge in [-0.15, -0.1) is 0 Å². The van der Waals surface area contributed by atoms with Gasteiger partial charge < -0.3 is 9.67 Å². The van der Waals surface area contributed by atoms with Crippen LogP contribution in [0.1, 0.15) is 105 Å². The molecule has 0 unspecified atom stereocenters. The first-order chi connectivity index (χ1) is 20.0. The van der Waals surface area contributed by atoms with E-state index in [0.29, 0.717) is 17.7 Å². The minimum absolute atomic E-state index is 0.193. The van der Waals surface area contributed by atoms with Crippen molar-refractivity contribution < 1.29 is 9.90 Å². The van der Waals surface area contributed by atoms with Crippen molar-refractivity contribution in [3.8, 4) is 11.1 Å². The van der Waals surface area contributed by atoms with Crippen molar-refractivity contribution in [2.45, 2.75) is 97.9 Å². The number of carbonyl (C=O) groups is 1. The molecule has 5 heteroatoms. The van der Waals surface area contributed by atoms with Gasteiger partial charge in [0, 0.05) is 24.1 Å². The molecule has 5 nitrogen and oxygen atoms in total. The Morgan fingerprint density at radius 2 is 1.41 bits per heavy atom. The van der Waals surface area contributed by atoms with Crippen LogP contribution in [0.3, 0.4) is 0 Å². The van der Waals surface area contributed by atoms with Gasteiger partial charge in [0.05, 0.1) is 16.6 Å². The van der Waals surface area contributed by atoms with E-state index in [1.807, 2.05) is 24.3 Å². The zero-order valence-corrected chi connectivity index (χ0v) is 24.9. The molecule has 0 radical (unpaired) electrons. The van der Waals surface area contributed by atoms with Crippen LogP contribution >= 0.6 is 0 Å². The average Bonchev–Trinajstić information content (AvgIpc) is 3.23. The van der Waals surface area contributed by atoms with Gasteiger partial charge in [-0.25, -0.2) is 9.78 Å². The van der Waals surface area contributed by atoms with Crippen LogP contribution in [0.4, 0.5) is 0 Å². The van der Waals surface area contributed by atoms with Crippen LogP contribution in [0.15, 0.2) is 65.5 Å². The van der Waals surface area contributed by atoms with Crippen molar-refractivity contribution in [2.75, 3.05) is 0 Å². The number of nitrogens with zero attached hydrogens (tertiary/aromatic N) is 2. The Morgan fingerprint density at radius 3 is 2.05 bits per heavy atom. The van der Waals surface area contributed by atoms with Crippen molar-refractivity contribution in [3.63, 3.8) is 0 Å². The highest BCUT2D eigenvalue weighted by atomic mass is 16.4. The van der Waals surface area contributed by atoms with E-state index in [1.54, 1.807) is 12.1 Å². The predicted octanol–water partition coefficient (Wildman–Crippen LogP) is 8.62. The number of hydrogen-bond donors (Lipinski definition) is 1. The largest absolute Gasteiger partial charge is 0.478 e. The molecule has 3 aromatic carbocycles. The lowest BCUT2D eigenvalue weighted by Crippen LogP contribution is -2.12. The minimum Gasteiger partial charge on any atom is -0.478 e. The summed E-state index contributed by atoms with van der Waals surface area (Å²) in [6.45, 7) is 7.23. The van der Waals surface area contributed by atoms with Crippen LogP contribution < -0.4 is 5.43 Å². The van der Waals surface area contributed by atoms with Gasteiger partial charge in [-0.3, -0.25) is 4.79 Å². The highest BCUT2D eigenvalue weighted by molar-refractivity contribution is 5.96. The van der Waals surface area contributed by atoms with Crippen molar-refractivity contribution in [3.05, 3.63) is 99.0 Å². The van der Waals surface area contributed by atoms with E-state index >= 15 is 0 Å². The number of benzene rings is 2. The van der Waals surface area contributed by atoms with Crippen LogP contribution in [0.2, 0.25) is 0 Å². The van der Waals surface area contributed by atoms with Crippen LogP contribution in [-0.2, 0) is 25.8 Å². The Balaban J connectivity index is 1.77. The highest BCUT2D eigenvalue weighted by Gasteiger charge is 2.16. The van der Waals surface area contributed by atoms with E-state index in [9.17, 15) is 14.7 Å². The first-order valence-corrected chi connectivity index (χ1v) is 15.4. The monoisotopic (exact) mass is 552 g/mol. The molecule has 0 aliphatic rings. The fourth-order valence-corrected chi connectivity index (χ4v) is 5.56. The molecule has 4 aromatic rings. The Hall–Kier alpha value is -3.73. The number of carboxylic acid groups (broad SMARTS) is 1. The number of unbranched alkanes of at least 4 members (excludes halogenated alkanes) is 5. The maximum absolute atomic E-state index is 13.7. The molecule has 0 bridgehead atoms. The fraction of sp³-hybridized carbons (Fsp3) is 0.417. The minimum atomic E-state index is -0.926. The summed E-state index contributed by atoms with van der Waals surface area (Å²) >= 11 is 0. The molecule has 41 heavy (non-hydrogen) atoms. The average molecular weight is 553 g/mol. The van der Waals surface area contributed by atoms with Crippen LogP contribution in [0.5, 0.6) is 0 Å². The van der Waals surface area contributed by atoms with Gasteiger partial charge in [-0.05, 0) is 67.0 Å². The molecule has 1 N–H and O–H groups in total. The molecule has 0 amide bonds. The van der Waals surface area contributed by atoms with Gasteiger partial charge in [-0.2, -0.15) is 0 Å². The number of carboxylic acids is 1. The van der Waals surface area contributed by atoms with E-state index in [4.69, 9.17) is 4.98 Å². The predicted molar refractivity (Wildman–Crippen MR) is 169 cm³/mol. The molecule has 0 aliphatic carbocycles. The van der Waals surface area contributed by atoms with Crippen molar-refractivity contribution >= 4 is 17.0 Å². The van der Waals surface area contributed by atoms with Crippen molar-refractivity contribution in [1.29, 1.82) is 0 Å². The lowest BCUT2D eigenvalue weighted by molar-refractivity contribution is 0.0697. The molecular formula is C36H44N2O3. The smallest absolute Gasteiger partial charge is 0.336 e. The Kier molecular flexibility index (Phi) is 10.9. The van der Waals surface area contributed by atoms with Gasteiger partial charge in [0.15, 0.2) is 5.43 Å². The molecule has 216 valence electrons. The summed E-state index contributed by atoms with van der Waals surface area (Å²) in [4.78, 5) is 30.5. The Bertz CT molecular complexity index is 1520. The Morgan fingerprint density at radius 1 is 0.780 bits per heavy atom. The lowest BCUT2D eigenvalue weighted by atomic mass is 9.99. The number of aromatic carboxylic acids is 1. The topological polar surface area (TPSA) is 72.2 Å². The van der Waals surface area contributed by atoms with E-state index in [0.717, 1.165) is 110 Å². The number of hydrogen-bond acceptors (Lipinski definition) is 3. The number of fused-ring (bicyclic) bond motifs is 1. The lowest BCUT2D eigenvalue weighted by Gasteiger charge is -2.11. The van der Waals surface area contributed by atoms with Gasteiger partial charge in [0.1, 0.15) is 5.82 Å². The first-order valence-electron chi connectivity index (χ1n) is 15.4. The molecule has 0 saturated carbocycles. The molecule has 1 heterocycles. The Labute approximate surface area is 244 Å². The zero-order valence-electron chi connectivity index (χ0n) is 24.9. The first kappa shape index (κ1) is 30.2. The summed E-state index contributed by atoms with van der Waals surface area (Å²) in [5.74, 6) is 0.129. The van der Waals surface area contributed by atoms with Crippen molar-refractivity contribution in [2.24, 2.45) is 0 Å². The number of rotatable bonds is 15. The summed E-state index contributed by atoms with van der Waals surface area (Å²) in [6.07, 6.45) is 11.1. The SMILES string of the molecule is CCCCCc1cc2nc(CCCC)n(Cc3ccc(-c4ccccc4C(=O)O)cc3)c2cc(CCCCC)c1=O. The maximum atomic E-state index is 13.7. The third-order valence-electron chi connectivity index (χ3n) is 7.94. The zero-order chi connectivity index (χ0) is 29.2. The molecule has 0 fully saturated rings. The van der Waals surface area contributed by atoms with Gasteiger partial charge in [0.2, 0.25) is 0 Å². The van der Waals surface area contributed by atoms with Gasteiger partial charge >= 0.3 is 5.97 Å². The summed E-state index contributed by atoms with van der Waals surface area (Å²) < 4.78 is 2.30. The molecule has 4 rings (SSSR count). The van der Waals surface area contributed by atoms with Crippen LogP contribution in [0.25, 0.3) is 22.2 Å². The van der Waals surface area contributed by atoms with Gasteiger partial charge in [0.25, 0.3) is 0 Å².